The van der Waals surface area contributed by atoms with Crippen molar-refractivity contribution in [2.45, 2.75) is 65.0 Å². The second-order valence-corrected chi connectivity index (χ2v) is 7.65. The van der Waals surface area contributed by atoms with E-state index in [1.54, 1.807) is 0 Å². The fourth-order valence-electron chi connectivity index (χ4n) is 4.79. The Morgan fingerprint density at radius 2 is 1.90 bits per heavy atom. The van der Waals surface area contributed by atoms with Crippen molar-refractivity contribution in [3.05, 3.63) is 0 Å². The molecule has 5 atom stereocenters. The van der Waals surface area contributed by atoms with Crippen LogP contribution in [0.3, 0.4) is 0 Å². The third-order valence-corrected chi connectivity index (χ3v) is 6.02. The maximum atomic E-state index is 12.8. The highest BCUT2D eigenvalue weighted by Gasteiger charge is 2.45. The SMILES string of the molecule is CC(C)C1NC(=O)CCN(C(C)C2CC3CCC2C3)C1=O. The first-order chi connectivity index (χ1) is 9.97. The van der Waals surface area contributed by atoms with Crippen molar-refractivity contribution in [3.63, 3.8) is 0 Å². The highest BCUT2D eigenvalue weighted by Crippen LogP contribution is 2.50. The molecular formula is C17H28N2O2. The summed E-state index contributed by atoms with van der Waals surface area (Å²) in [6.07, 6.45) is 5.81. The van der Waals surface area contributed by atoms with Gasteiger partial charge in [-0.05, 0) is 49.9 Å². The Morgan fingerprint density at radius 3 is 2.48 bits per heavy atom. The summed E-state index contributed by atoms with van der Waals surface area (Å²) in [5.74, 6) is 2.64. The molecule has 4 heteroatoms. The van der Waals surface area contributed by atoms with Crippen LogP contribution in [0.15, 0.2) is 0 Å². The number of nitrogens with one attached hydrogen (secondary N) is 1. The normalized spacial score (nSPS) is 37.8. The first kappa shape index (κ1) is 14.9. The van der Waals surface area contributed by atoms with Gasteiger partial charge in [0.2, 0.25) is 11.8 Å². The van der Waals surface area contributed by atoms with Gasteiger partial charge in [0, 0.05) is 19.0 Å². The van der Waals surface area contributed by atoms with Crippen LogP contribution in [0.5, 0.6) is 0 Å². The van der Waals surface area contributed by atoms with E-state index in [9.17, 15) is 9.59 Å². The average molecular weight is 292 g/mol. The zero-order valence-electron chi connectivity index (χ0n) is 13.5. The fourth-order valence-corrected chi connectivity index (χ4v) is 4.79. The van der Waals surface area contributed by atoms with Gasteiger partial charge in [-0.25, -0.2) is 0 Å². The summed E-state index contributed by atoms with van der Waals surface area (Å²) in [5, 5.41) is 2.91. The van der Waals surface area contributed by atoms with Crippen molar-refractivity contribution in [2.75, 3.05) is 6.54 Å². The first-order valence-electron chi connectivity index (χ1n) is 8.57. The lowest BCUT2D eigenvalue weighted by Crippen LogP contribution is -2.52. The van der Waals surface area contributed by atoms with Crippen LogP contribution >= 0.6 is 0 Å². The number of hydrogen-bond acceptors (Lipinski definition) is 2. The van der Waals surface area contributed by atoms with Crippen LogP contribution in [0.1, 0.15) is 52.9 Å². The Labute approximate surface area is 127 Å². The summed E-state index contributed by atoms with van der Waals surface area (Å²) < 4.78 is 0. The van der Waals surface area contributed by atoms with Gasteiger partial charge in [0.25, 0.3) is 0 Å². The van der Waals surface area contributed by atoms with Gasteiger partial charge in [-0.2, -0.15) is 0 Å². The molecule has 1 N–H and O–H groups in total. The number of carbonyl (C=O) groups is 2. The smallest absolute Gasteiger partial charge is 0.245 e. The first-order valence-corrected chi connectivity index (χ1v) is 8.57. The van der Waals surface area contributed by atoms with Crippen LogP contribution in [-0.2, 0) is 9.59 Å². The zero-order chi connectivity index (χ0) is 15.1. The minimum Gasteiger partial charge on any atom is -0.344 e. The number of fused-ring (bicyclic) bond motifs is 2. The van der Waals surface area contributed by atoms with Crippen molar-refractivity contribution in [3.8, 4) is 0 Å². The lowest BCUT2D eigenvalue weighted by atomic mass is 9.83. The minimum atomic E-state index is -0.346. The molecule has 21 heavy (non-hydrogen) atoms. The van der Waals surface area contributed by atoms with E-state index in [0.717, 1.165) is 11.8 Å². The average Bonchev–Trinajstić information content (AvgIpc) is 3.02. The fraction of sp³-hybridized carbons (Fsp3) is 0.882. The summed E-state index contributed by atoms with van der Waals surface area (Å²) in [6, 6.07) is -0.0669. The van der Waals surface area contributed by atoms with E-state index in [4.69, 9.17) is 0 Å². The molecule has 0 spiro atoms. The van der Waals surface area contributed by atoms with Crippen LogP contribution in [0.4, 0.5) is 0 Å². The highest BCUT2D eigenvalue weighted by atomic mass is 16.2. The van der Waals surface area contributed by atoms with Crippen molar-refractivity contribution in [1.29, 1.82) is 0 Å². The molecule has 0 aromatic rings. The number of rotatable bonds is 3. The van der Waals surface area contributed by atoms with E-state index in [1.807, 2.05) is 18.7 Å². The van der Waals surface area contributed by atoms with Gasteiger partial charge in [0.1, 0.15) is 6.04 Å². The summed E-state index contributed by atoms with van der Waals surface area (Å²) in [5.41, 5.74) is 0. The molecule has 1 aliphatic heterocycles. The molecular weight excluding hydrogens is 264 g/mol. The molecule has 2 saturated carbocycles. The van der Waals surface area contributed by atoms with Crippen molar-refractivity contribution >= 4 is 11.8 Å². The van der Waals surface area contributed by atoms with Crippen molar-refractivity contribution in [1.82, 2.24) is 10.2 Å². The quantitative estimate of drug-likeness (QED) is 0.867. The number of hydrogen-bond donors (Lipinski definition) is 1. The number of carbonyl (C=O) groups excluding carboxylic acids is 2. The standard InChI is InChI=1S/C17H28N2O2/c1-10(2)16-17(21)19(7-6-15(20)18-16)11(3)14-9-12-4-5-13(14)8-12/h10-14,16H,4-9H2,1-3H3,(H,18,20). The van der Waals surface area contributed by atoms with Gasteiger partial charge >= 0.3 is 0 Å². The van der Waals surface area contributed by atoms with Crippen LogP contribution < -0.4 is 5.32 Å². The summed E-state index contributed by atoms with van der Waals surface area (Å²) in [7, 11) is 0. The van der Waals surface area contributed by atoms with Gasteiger partial charge in [-0.3, -0.25) is 9.59 Å². The summed E-state index contributed by atoms with van der Waals surface area (Å²) in [6.45, 7) is 6.81. The van der Waals surface area contributed by atoms with E-state index in [2.05, 4.69) is 12.2 Å². The monoisotopic (exact) mass is 292 g/mol. The predicted molar refractivity (Wildman–Crippen MR) is 81.5 cm³/mol. The van der Waals surface area contributed by atoms with Gasteiger partial charge in [-0.15, -0.1) is 0 Å². The third-order valence-electron chi connectivity index (χ3n) is 6.02. The maximum absolute atomic E-state index is 12.8. The molecule has 118 valence electrons. The molecule has 3 rings (SSSR count). The maximum Gasteiger partial charge on any atom is 0.245 e. The lowest BCUT2D eigenvalue weighted by molar-refractivity contribution is -0.137. The molecule has 1 heterocycles. The molecule has 2 aliphatic carbocycles. The lowest BCUT2D eigenvalue weighted by Gasteiger charge is -2.37. The third kappa shape index (κ3) is 2.69. The van der Waals surface area contributed by atoms with Crippen LogP contribution in [0.2, 0.25) is 0 Å². The van der Waals surface area contributed by atoms with Gasteiger partial charge < -0.3 is 10.2 Å². The largest absolute Gasteiger partial charge is 0.344 e. The molecule has 1 saturated heterocycles. The van der Waals surface area contributed by atoms with E-state index in [-0.39, 0.29) is 29.8 Å². The van der Waals surface area contributed by atoms with E-state index in [1.165, 1.54) is 25.7 Å². The molecule has 4 nitrogen and oxygen atoms in total. The zero-order valence-corrected chi connectivity index (χ0v) is 13.5. The Kier molecular flexibility index (Phi) is 3.98. The number of nitrogens with zero attached hydrogens (tertiary/aromatic N) is 1. The molecule has 2 amide bonds. The van der Waals surface area contributed by atoms with E-state index in [0.29, 0.717) is 18.9 Å². The summed E-state index contributed by atoms with van der Waals surface area (Å²) >= 11 is 0. The Bertz CT molecular complexity index is 435. The van der Waals surface area contributed by atoms with Crippen molar-refractivity contribution < 1.29 is 9.59 Å². The molecule has 5 unspecified atom stereocenters. The van der Waals surface area contributed by atoms with Crippen LogP contribution in [-0.4, -0.2) is 35.3 Å². The van der Waals surface area contributed by atoms with E-state index < -0.39 is 0 Å². The Balaban J connectivity index is 1.76. The molecule has 3 fully saturated rings. The highest BCUT2D eigenvalue weighted by molar-refractivity contribution is 5.90. The Hall–Kier alpha value is -1.06. The molecule has 0 aromatic carbocycles. The van der Waals surface area contributed by atoms with Gasteiger partial charge in [0.05, 0.1) is 0 Å². The summed E-state index contributed by atoms with van der Waals surface area (Å²) in [4.78, 5) is 26.7. The second kappa shape index (κ2) is 5.62. The van der Waals surface area contributed by atoms with Crippen LogP contribution in [0.25, 0.3) is 0 Å². The van der Waals surface area contributed by atoms with Gasteiger partial charge in [0.15, 0.2) is 0 Å². The van der Waals surface area contributed by atoms with Crippen LogP contribution in [0, 0.1) is 23.7 Å². The topological polar surface area (TPSA) is 49.4 Å². The molecule has 2 bridgehead atoms. The van der Waals surface area contributed by atoms with E-state index >= 15 is 0 Å². The molecule has 3 aliphatic rings. The van der Waals surface area contributed by atoms with Crippen molar-refractivity contribution in [2.24, 2.45) is 23.7 Å². The number of amides is 2. The minimum absolute atomic E-state index is 0.0182. The second-order valence-electron chi connectivity index (χ2n) is 7.65. The molecule has 0 radical (unpaired) electrons. The van der Waals surface area contributed by atoms with Gasteiger partial charge in [-0.1, -0.05) is 20.3 Å². The molecule has 0 aromatic heterocycles. The predicted octanol–water partition coefficient (Wildman–Crippen LogP) is 2.18. The Morgan fingerprint density at radius 1 is 1.14 bits per heavy atom.